The largest absolute Gasteiger partial charge is 0.342 e. The van der Waals surface area contributed by atoms with Crippen molar-refractivity contribution in [3.8, 4) is 0 Å². The van der Waals surface area contributed by atoms with Crippen molar-refractivity contribution in [3.05, 3.63) is 76.5 Å². The maximum absolute atomic E-state index is 13.1. The van der Waals surface area contributed by atoms with Crippen LogP contribution in [0.2, 0.25) is 0 Å². The lowest BCUT2D eigenvalue weighted by atomic mass is 9.84. The molecule has 2 aromatic carbocycles. The van der Waals surface area contributed by atoms with E-state index in [1.807, 2.05) is 42.5 Å². The van der Waals surface area contributed by atoms with Crippen molar-refractivity contribution < 1.29 is 9.59 Å². The molecule has 4 rings (SSSR count). The van der Waals surface area contributed by atoms with Crippen molar-refractivity contribution in [1.82, 2.24) is 15.0 Å². The third kappa shape index (κ3) is 4.31. The van der Waals surface area contributed by atoms with E-state index in [1.165, 1.54) is 11.3 Å². The predicted molar refractivity (Wildman–Crippen MR) is 119 cm³/mol. The smallest absolute Gasteiger partial charge is 0.275 e. The molecule has 2 heterocycles. The number of nitrogens with zero attached hydrogens (tertiary/aromatic N) is 2. The number of rotatable bonds is 7. The van der Waals surface area contributed by atoms with E-state index in [1.54, 1.807) is 17.0 Å². The number of hydrogen-bond donors (Lipinski definition) is 2. The van der Waals surface area contributed by atoms with Gasteiger partial charge in [-0.25, -0.2) is 9.97 Å². The number of ketones is 1. The summed E-state index contributed by atoms with van der Waals surface area (Å²) in [6.45, 7) is 4.12. The molecule has 2 aromatic heterocycles. The first-order valence-corrected chi connectivity index (χ1v) is 10.7. The Labute approximate surface area is 178 Å². The van der Waals surface area contributed by atoms with E-state index >= 15 is 0 Å². The molecule has 0 fully saturated rings. The standard InChI is InChI=1S/C23H22N4O2S/c1-14(2)22(15-6-4-3-5-7-15)20(28)11-21-26-17-9-8-16(10-18(17)27-21)25-23(29)19-12-30-13-24-19/h3-10,12-14,22H,11H2,1-2H3,(H,25,29)(H,26,27). The number of amides is 1. The van der Waals surface area contributed by atoms with Crippen LogP contribution in [0, 0.1) is 5.92 Å². The molecule has 0 saturated heterocycles. The summed E-state index contributed by atoms with van der Waals surface area (Å²) in [4.78, 5) is 37.0. The molecule has 1 atom stereocenters. The molecule has 1 amide bonds. The molecule has 1 unspecified atom stereocenters. The highest BCUT2D eigenvalue weighted by Gasteiger charge is 2.25. The number of H-pyrrole nitrogens is 1. The van der Waals surface area contributed by atoms with E-state index in [-0.39, 0.29) is 29.9 Å². The maximum atomic E-state index is 13.1. The van der Waals surface area contributed by atoms with Crippen LogP contribution in [0.25, 0.3) is 11.0 Å². The molecule has 0 aliphatic carbocycles. The minimum absolute atomic E-state index is 0.132. The molecule has 0 bridgehead atoms. The van der Waals surface area contributed by atoms with Crippen LogP contribution in [0.4, 0.5) is 5.69 Å². The molecule has 0 aliphatic rings. The Morgan fingerprint density at radius 3 is 2.63 bits per heavy atom. The number of aromatic amines is 1. The highest BCUT2D eigenvalue weighted by Crippen LogP contribution is 2.27. The highest BCUT2D eigenvalue weighted by atomic mass is 32.1. The van der Waals surface area contributed by atoms with E-state index in [0.717, 1.165) is 16.6 Å². The summed E-state index contributed by atoms with van der Waals surface area (Å²) in [5.41, 5.74) is 5.21. The number of fused-ring (bicyclic) bond motifs is 1. The van der Waals surface area contributed by atoms with Gasteiger partial charge in [-0.2, -0.15) is 0 Å². The first kappa shape index (κ1) is 20.0. The van der Waals surface area contributed by atoms with Gasteiger partial charge in [0.05, 0.1) is 23.0 Å². The van der Waals surface area contributed by atoms with Crippen LogP contribution in [0.1, 0.15) is 41.6 Å². The Balaban J connectivity index is 1.52. The van der Waals surface area contributed by atoms with Gasteiger partial charge in [-0.05, 0) is 29.7 Å². The van der Waals surface area contributed by atoms with Gasteiger partial charge < -0.3 is 10.3 Å². The Morgan fingerprint density at radius 2 is 1.93 bits per heavy atom. The van der Waals surface area contributed by atoms with Crippen LogP contribution in [0.3, 0.4) is 0 Å². The van der Waals surface area contributed by atoms with E-state index in [9.17, 15) is 9.59 Å². The minimum atomic E-state index is -0.256. The fraction of sp³-hybridized carbons (Fsp3) is 0.217. The van der Waals surface area contributed by atoms with Crippen LogP contribution in [-0.2, 0) is 11.2 Å². The van der Waals surface area contributed by atoms with Gasteiger partial charge in [-0.15, -0.1) is 11.3 Å². The van der Waals surface area contributed by atoms with Gasteiger partial charge in [0.1, 0.15) is 17.3 Å². The number of aromatic nitrogens is 3. The highest BCUT2D eigenvalue weighted by molar-refractivity contribution is 7.07. The van der Waals surface area contributed by atoms with E-state index < -0.39 is 0 Å². The lowest BCUT2D eigenvalue weighted by Gasteiger charge is -2.19. The minimum Gasteiger partial charge on any atom is -0.342 e. The zero-order chi connectivity index (χ0) is 21.1. The first-order chi connectivity index (χ1) is 14.5. The molecule has 6 nitrogen and oxygen atoms in total. The zero-order valence-corrected chi connectivity index (χ0v) is 17.6. The summed E-state index contributed by atoms with van der Waals surface area (Å²) in [6.07, 6.45) is 0.229. The van der Waals surface area contributed by atoms with Gasteiger partial charge in [0.25, 0.3) is 5.91 Å². The second-order valence-electron chi connectivity index (χ2n) is 7.52. The van der Waals surface area contributed by atoms with Crippen LogP contribution in [0.5, 0.6) is 0 Å². The lowest BCUT2D eigenvalue weighted by Crippen LogP contribution is -2.20. The van der Waals surface area contributed by atoms with Crippen LogP contribution in [-0.4, -0.2) is 26.6 Å². The quantitative estimate of drug-likeness (QED) is 0.450. The van der Waals surface area contributed by atoms with Gasteiger partial charge in [0.15, 0.2) is 0 Å². The zero-order valence-electron chi connectivity index (χ0n) is 16.8. The van der Waals surface area contributed by atoms with E-state index in [2.05, 4.69) is 34.1 Å². The molecule has 7 heteroatoms. The van der Waals surface area contributed by atoms with E-state index in [4.69, 9.17) is 0 Å². The number of carbonyl (C=O) groups excluding carboxylic acids is 2. The normalized spacial score (nSPS) is 12.2. The first-order valence-electron chi connectivity index (χ1n) is 9.77. The molecule has 0 aliphatic heterocycles. The van der Waals surface area contributed by atoms with Crippen LogP contribution >= 0.6 is 11.3 Å². The Hall–Kier alpha value is -3.32. The number of Topliss-reactive ketones (excluding diaryl/α,β-unsaturated/α-hetero) is 1. The number of benzene rings is 2. The molecular formula is C23H22N4O2S. The van der Waals surface area contributed by atoms with Crippen molar-refractivity contribution >= 4 is 39.7 Å². The molecule has 0 spiro atoms. The van der Waals surface area contributed by atoms with Crippen molar-refractivity contribution in [2.75, 3.05) is 5.32 Å². The predicted octanol–water partition coefficient (Wildman–Crippen LogP) is 4.82. The summed E-state index contributed by atoms with van der Waals surface area (Å²) < 4.78 is 0. The maximum Gasteiger partial charge on any atom is 0.275 e. The summed E-state index contributed by atoms with van der Waals surface area (Å²) in [5, 5.41) is 4.53. The van der Waals surface area contributed by atoms with Gasteiger partial charge in [0.2, 0.25) is 0 Å². The topological polar surface area (TPSA) is 87.7 Å². The Morgan fingerprint density at radius 1 is 1.13 bits per heavy atom. The lowest BCUT2D eigenvalue weighted by molar-refractivity contribution is -0.120. The Kier molecular flexibility index (Phi) is 5.72. The molecular weight excluding hydrogens is 396 g/mol. The number of nitrogens with one attached hydrogen (secondary N) is 2. The molecule has 152 valence electrons. The summed E-state index contributed by atoms with van der Waals surface area (Å²) in [6, 6.07) is 15.3. The summed E-state index contributed by atoms with van der Waals surface area (Å²) in [7, 11) is 0. The second kappa shape index (κ2) is 8.59. The van der Waals surface area contributed by atoms with Crippen molar-refractivity contribution in [1.29, 1.82) is 0 Å². The van der Waals surface area contributed by atoms with Gasteiger partial charge in [0, 0.05) is 17.0 Å². The molecule has 2 N–H and O–H groups in total. The SMILES string of the molecule is CC(C)C(C(=O)Cc1nc2ccc(NC(=O)c3cscn3)cc2[nH]1)c1ccccc1. The molecule has 30 heavy (non-hydrogen) atoms. The van der Waals surface area contributed by atoms with E-state index in [0.29, 0.717) is 17.2 Å². The van der Waals surface area contributed by atoms with Crippen molar-refractivity contribution in [3.63, 3.8) is 0 Å². The summed E-state index contributed by atoms with van der Waals surface area (Å²) >= 11 is 1.37. The average Bonchev–Trinajstić information content (AvgIpc) is 3.38. The third-order valence-electron chi connectivity index (χ3n) is 4.97. The molecule has 4 aromatic rings. The van der Waals surface area contributed by atoms with Gasteiger partial charge >= 0.3 is 0 Å². The Bertz CT molecular complexity index is 1170. The monoisotopic (exact) mass is 418 g/mol. The van der Waals surface area contributed by atoms with Gasteiger partial charge in [-0.1, -0.05) is 44.2 Å². The van der Waals surface area contributed by atoms with Crippen molar-refractivity contribution in [2.45, 2.75) is 26.2 Å². The summed E-state index contributed by atoms with van der Waals surface area (Å²) in [5.74, 6) is 0.518. The second-order valence-corrected chi connectivity index (χ2v) is 8.24. The number of imidazole rings is 1. The molecule has 0 radical (unpaired) electrons. The number of hydrogen-bond acceptors (Lipinski definition) is 5. The van der Waals surface area contributed by atoms with Crippen LogP contribution < -0.4 is 5.32 Å². The third-order valence-corrected chi connectivity index (χ3v) is 5.55. The average molecular weight is 419 g/mol. The fourth-order valence-corrected chi connectivity index (χ4v) is 4.15. The fourth-order valence-electron chi connectivity index (χ4n) is 3.62. The number of anilines is 1. The number of thiazole rings is 1. The van der Waals surface area contributed by atoms with Crippen LogP contribution in [0.15, 0.2) is 59.4 Å². The van der Waals surface area contributed by atoms with Gasteiger partial charge in [-0.3, -0.25) is 9.59 Å². The van der Waals surface area contributed by atoms with Crippen molar-refractivity contribution in [2.24, 2.45) is 5.92 Å². The molecule has 0 saturated carbocycles. The number of carbonyl (C=O) groups is 2.